The number of carbonyl (C=O) groups excluding carboxylic acids is 1. The van der Waals surface area contributed by atoms with E-state index in [1.165, 1.54) is 0 Å². The number of aliphatic hydroxyl groups excluding tert-OH is 1. The van der Waals surface area contributed by atoms with Crippen molar-refractivity contribution in [1.82, 2.24) is 20.4 Å². The van der Waals surface area contributed by atoms with Gasteiger partial charge in [-0.1, -0.05) is 5.16 Å². The zero-order valence-corrected chi connectivity index (χ0v) is 16.6. The van der Waals surface area contributed by atoms with E-state index in [9.17, 15) is 9.90 Å². The van der Waals surface area contributed by atoms with Crippen molar-refractivity contribution in [2.24, 2.45) is 0 Å². The van der Waals surface area contributed by atoms with Crippen LogP contribution in [0.5, 0.6) is 5.75 Å². The number of fused-ring (bicyclic) bond motifs is 1. The second-order valence-electron chi connectivity index (χ2n) is 7.32. The molecule has 1 fully saturated rings. The molecule has 1 amide bonds. The van der Waals surface area contributed by atoms with Crippen molar-refractivity contribution in [3.05, 3.63) is 41.2 Å². The van der Waals surface area contributed by atoms with Gasteiger partial charge in [0.15, 0.2) is 11.6 Å². The van der Waals surface area contributed by atoms with Crippen LogP contribution < -0.4 is 10.1 Å². The number of furan rings is 1. The molecule has 4 rings (SSSR count). The van der Waals surface area contributed by atoms with Crippen molar-refractivity contribution >= 4 is 16.9 Å². The number of amides is 1. The number of hydrogen-bond acceptors (Lipinski definition) is 8. The Balaban J connectivity index is 1.47. The van der Waals surface area contributed by atoms with Crippen LogP contribution in [0.25, 0.3) is 11.0 Å². The van der Waals surface area contributed by atoms with Crippen molar-refractivity contribution in [1.29, 1.82) is 0 Å². The standard InChI is InChI=1S/C20H24N4O5/c1-11-14-5-4-13(27-3)8-17(14)28-19(11)20(26)22-15-9-24(7-6-16(15)25)10-18-21-12(2)23-29-18/h4-5,8,15-16,25H,6-7,9-10H2,1-3H3,(H,22,26)/t15-,16+/m1/s1. The van der Waals surface area contributed by atoms with E-state index in [0.717, 1.165) is 10.9 Å². The number of aryl methyl sites for hydroxylation is 2. The van der Waals surface area contributed by atoms with Gasteiger partial charge in [0.2, 0.25) is 5.89 Å². The number of hydrogen-bond donors (Lipinski definition) is 2. The summed E-state index contributed by atoms with van der Waals surface area (Å²) in [6, 6.07) is 5.02. The lowest BCUT2D eigenvalue weighted by Crippen LogP contribution is -2.54. The Bertz CT molecular complexity index is 1030. The van der Waals surface area contributed by atoms with Crippen molar-refractivity contribution in [3.8, 4) is 5.75 Å². The molecule has 3 heterocycles. The molecule has 1 aliphatic heterocycles. The van der Waals surface area contributed by atoms with Gasteiger partial charge in [0.25, 0.3) is 5.91 Å². The number of aromatic nitrogens is 2. The first-order valence-corrected chi connectivity index (χ1v) is 9.52. The fourth-order valence-electron chi connectivity index (χ4n) is 3.67. The quantitative estimate of drug-likeness (QED) is 0.667. The zero-order valence-electron chi connectivity index (χ0n) is 16.6. The minimum atomic E-state index is -0.635. The van der Waals surface area contributed by atoms with Crippen LogP contribution in [0.3, 0.4) is 0 Å². The highest BCUT2D eigenvalue weighted by Crippen LogP contribution is 2.28. The average Bonchev–Trinajstić information content (AvgIpc) is 3.27. The summed E-state index contributed by atoms with van der Waals surface area (Å²) in [5, 5.41) is 18.0. The number of piperidine rings is 1. The molecular formula is C20H24N4O5. The molecule has 3 aromatic rings. The van der Waals surface area contributed by atoms with Gasteiger partial charge in [0, 0.05) is 30.1 Å². The number of aliphatic hydroxyl groups is 1. The molecule has 154 valence electrons. The van der Waals surface area contributed by atoms with Gasteiger partial charge in [-0.25, -0.2) is 0 Å². The molecule has 0 aliphatic carbocycles. The number of carbonyl (C=O) groups is 1. The van der Waals surface area contributed by atoms with E-state index < -0.39 is 12.1 Å². The van der Waals surface area contributed by atoms with Crippen LogP contribution >= 0.6 is 0 Å². The molecule has 9 heteroatoms. The van der Waals surface area contributed by atoms with Crippen LogP contribution in [-0.2, 0) is 6.54 Å². The first-order valence-electron chi connectivity index (χ1n) is 9.52. The topological polar surface area (TPSA) is 114 Å². The van der Waals surface area contributed by atoms with Gasteiger partial charge in [0.05, 0.1) is 25.8 Å². The largest absolute Gasteiger partial charge is 0.497 e. The van der Waals surface area contributed by atoms with Crippen molar-refractivity contribution in [3.63, 3.8) is 0 Å². The van der Waals surface area contributed by atoms with E-state index in [-0.39, 0.29) is 11.7 Å². The predicted octanol–water partition coefficient (Wildman–Crippen LogP) is 1.81. The lowest BCUT2D eigenvalue weighted by atomic mass is 10.0. The molecule has 0 radical (unpaired) electrons. The summed E-state index contributed by atoms with van der Waals surface area (Å²) in [6.07, 6.45) is -0.0987. The molecule has 0 spiro atoms. The van der Waals surface area contributed by atoms with E-state index in [2.05, 4.69) is 20.4 Å². The first kappa shape index (κ1) is 19.4. The Morgan fingerprint density at radius 1 is 1.41 bits per heavy atom. The SMILES string of the molecule is COc1ccc2c(C)c(C(=O)N[C@@H]3CN(Cc4nc(C)no4)CC[C@@H]3O)oc2c1. The molecule has 0 unspecified atom stereocenters. The van der Waals surface area contributed by atoms with Crippen molar-refractivity contribution in [2.75, 3.05) is 20.2 Å². The average molecular weight is 400 g/mol. The molecule has 1 aromatic carbocycles. The van der Waals surface area contributed by atoms with Crippen molar-refractivity contribution in [2.45, 2.75) is 39.0 Å². The van der Waals surface area contributed by atoms with Gasteiger partial charge >= 0.3 is 0 Å². The van der Waals surface area contributed by atoms with E-state index >= 15 is 0 Å². The van der Waals surface area contributed by atoms with Crippen molar-refractivity contribution < 1.29 is 23.6 Å². The van der Waals surface area contributed by atoms with Crippen LogP contribution in [0.15, 0.2) is 27.1 Å². The number of methoxy groups -OCH3 is 1. The van der Waals surface area contributed by atoms with Gasteiger partial charge in [-0.2, -0.15) is 4.98 Å². The van der Waals surface area contributed by atoms with E-state index in [4.69, 9.17) is 13.7 Å². The first-order chi connectivity index (χ1) is 13.9. The highest BCUT2D eigenvalue weighted by molar-refractivity contribution is 5.99. The Hall–Kier alpha value is -2.91. The third-order valence-electron chi connectivity index (χ3n) is 5.26. The number of benzene rings is 1. The van der Waals surface area contributed by atoms with Gasteiger partial charge in [0.1, 0.15) is 11.3 Å². The Morgan fingerprint density at radius 3 is 2.97 bits per heavy atom. The minimum absolute atomic E-state index is 0.241. The normalized spacial score (nSPS) is 20.1. The van der Waals surface area contributed by atoms with Crippen LogP contribution in [0.4, 0.5) is 0 Å². The van der Waals surface area contributed by atoms with E-state index in [1.807, 2.05) is 19.1 Å². The Kier molecular flexibility index (Phi) is 5.25. The summed E-state index contributed by atoms with van der Waals surface area (Å²) in [5.74, 6) is 1.65. The minimum Gasteiger partial charge on any atom is -0.497 e. The molecule has 1 aliphatic rings. The lowest BCUT2D eigenvalue weighted by molar-refractivity contribution is 0.0370. The summed E-state index contributed by atoms with van der Waals surface area (Å²) >= 11 is 0. The number of nitrogens with zero attached hydrogens (tertiary/aromatic N) is 3. The monoisotopic (exact) mass is 400 g/mol. The maximum Gasteiger partial charge on any atom is 0.287 e. The van der Waals surface area contributed by atoms with E-state index in [1.54, 1.807) is 20.1 Å². The third kappa shape index (κ3) is 3.96. The van der Waals surface area contributed by atoms with Crippen LogP contribution in [0.1, 0.15) is 34.3 Å². The second kappa shape index (κ2) is 7.84. The predicted molar refractivity (Wildman–Crippen MR) is 104 cm³/mol. The number of likely N-dealkylation sites (tertiary alicyclic amines) is 1. The zero-order chi connectivity index (χ0) is 20.5. The maximum absolute atomic E-state index is 12.9. The number of ether oxygens (including phenoxy) is 1. The molecule has 0 bridgehead atoms. The van der Waals surface area contributed by atoms with Crippen LogP contribution in [0.2, 0.25) is 0 Å². The highest BCUT2D eigenvalue weighted by Gasteiger charge is 2.31. The summed E-state index contributed by atoms with van der Waals surface area (Å²) in [5.41, 5.74) is 1.34. The molecule has 29 heavy (non-hydrogen) atoms. The lowest BCUT2D eigenvalue weighted by Gasteiger charge is -2.35. The fraction of sp³-hybridized carbons (Fsp3) is 0.450. The molecule has 0 saturated carbocycles. The van der Waals surface area contributed by atoms with Gasteiger partial charge in [-0.3, -0.25) is 9.69 Å². The van der Waals surface area contributed by atoms with E-state index in [0.29, 0.717) is 49.1 Å². The molecule has 2 aromatic heterocycles. The molecule has 2 N–H and O–H groups in total. The summed E-state index contributed by atoms with van der Waals surface area (Å²) in [4.78, 5) is 19.1. The summed E-state index contributed by atoms with van der Waals surface area (Å²) in [6.45, 7) is 5.24. The van der Waals surface area contributed by atoms with Crippen LogP contribution in [0, 0.1) is 13.8 Å². The van der Waals surface area contributed by atoms with Gasteiger partial charge in [-0.05, 0) is 32.4 Å². The molecule has 9 nitrogen and oxygen atoms in total. The molecule has 2 atom stereocenters. The maximum atomic E-state index is 12.9. The number of nitrogens with one attached hydrogen (secondary N) is 1. The smallest absolute Gasteiger partial charge is 0.287 e. The Labute approximate surface area is 167 Å². The second-order valence-corrected chi connectivity index (χ2v) is 7.32. The third-order valence-corrected chi connectivity index (χ3v) is 5.26. The van der Waals surface area contributed by atoms with Gasteiger partial charge in [-0.15, -0.1) is 0 Å². The highest BCUT2D eigenvalue weighted by atomic mass is 16.5. The number of rotatable bonds is 5. The fourth-order valence-corrected chi connectivity index (χ4v) is 3.67. The van der Waals surface area contributed by atoms with Gasteiger partial charge < -0.3 is 24.1 Å². The Morgan fingerprint density at radius 2 is 2.24 bits per heavy atom. The molecular weight excluding hydrogens is 376 g/mol. The summed E-state index contributed by atoms with van der Waals surface area (Å²) in [7, 11) is 1.58. The summed E-state index contributed by atoms with van der Waals surface area (Å²) < 4.78 is 16.2. The van der Waals surface area contributed by atoms with Crippen LogP contribution in [-0.4, -0.2) is 58.4 Å². The molecule has 1 saturated heterocycles.